The van der Waals surface area contributed by atoms with Crippen LogP contribution in [0.3, 0.4) is 0 Å². The van der Waals surface area contributed by atoms with Gasteiger partial charge in [0.1, 0.15) is 11.6 Å². The largest absolute Gasteiger partial charge is 0.391 e. The van der Waals surface area contributed by atoms with Crippen molar-refractivity contribution < 1.29 is 5.11 Å². The molecular weight excluding hydrogens is 326 g/mol. The van der Waals surface area contributed by atoms with Crippen molar-refractivity contribution >= 4 is 5.82 Å². The molecule has 1 unspecified atom stereocenters. The highest BCUT2D eigenvalue weighted by atomic mass is 16.3. The lowest BCUT2D eigenvalue weighted by Gasteiger charge is -2.32. The first-order valence-electron chi connectivity index (χ1n) is 9.61. The van der Waals surface area contributed by atoms with Crippen LogP contribution in [0.5, 0.6) is 0 Å². The maximum Gasteiger partial charge on any atom is 0.135 e. The summed E-state index contributed by atoms with van der Waals surface area (Å²) in [7, 11) is 0. The summed E-state index contributed by atoms with van der Waals surface area (Å²) in [6.07, 6.45) is 5.40. The first kappa shape index (κ1) is 17.4. The van der Waals surface area contributed by atoms with Gasteiger partial charge in [0.05, 0.1) is 17.5 Å². The van der Waals surface area contributed by atoms with Crippen LogP contribution in [0.15, 0.2) is 24.4 Å². The summed E-state index contributed by atoms with van der Waals surface area (Å²) in [6, 6.07) is 6.09. The number of aliphatic hydroxyl groups is 1. The summed E-state index contributed by atoms with van der Waals surface area (Å²) < 4.78 is 0. The van der Waals surface area contributed by atoms with Crippen molar-refractivity contribution in [3.8, 4) is 0 Å². The quantitative estimate of drug-likeness (QED) is 0.907. The molecule has 0 saturated carbocycles. The van der Waals surface area contributed by atoms with Crippen molar-refractivity contribution in [2.75, 3.05) is 31.1 Å². The number of anilines is 1. The lowest BCUT2D eigenvalue weighted by Crippen LogP contribution is -2.39. The lowest BCUT2D eigenvalue weighted by molar-refractivity contribution is 0.153. The molecule has 2 aliphatic heterocycles. The Morgan fingerprint density at radius 3 is 2.85 bits per heavy atom. The van der Waals surface area contributed by atoms with Gasteiger partial charge in [0, 0.05) is 50.9 Å². The van der Waals surface area contributed by atoms with Crippen molar-refractivity contribution in [1.29, 1.82) is 0 Å². The van der Waals surface area contributed by atoms with E-state index in [0.717, 1.165) is 69.2 Å². The average Bonchev–Trinajstić information content (AvgIpc) is 2.84. The number of fused-ring (bicyclic) bond motifs is 1. The van der Waals surface area contributed by atoms with Crippen LogP contribution in [0.4, 0.5) is 5.82 Å². The number of aliphatic hydroxyl groups excluding tert-OH is 1. The summed E-state index contributed by atoms with van der Waals surface area (Å²) in [5.74, 6) is 1.88. The first-order valence-corrected chi connectivity index (χ1v) is 9.61. The van der Waals surface area contributed by atoms with Gasteiger partial charge < -0.3 is 10.0 Å². The van der Waals surface area contributed by atoms with Gasteiger partial charge in [0.25, 0.3) is 0 Å². The van der Waals surface area contributed by atoms with Gasteiger partial charge in [0.15, 0.2) is 0 Å². The third-order valence-corrected chi connectivity index (χ3v) is 5.33. The molecule has 4 heterocycles. The van der Waals surface area contributed by atoms with Crippen LogP contribution in [-0.2, 0) is 19.4 Å². The fourth-order valence-corrected chi connectivity index (χ4v) is 4.03. The van der Waals surface area contributed by atoms with E-state index in [0.29, 0.717) is 6.54 Å². The Morgan fingerprint density at radius 2 is 2.04 bits per heavy atom. The number of pyridine rings is 1. The van der Waals surface area contributed by atoms with Crippen LogP contribution in [0.25, 0.3) is 0 Å². The number of rotatable bonds is 3. The number of β-amino-alcohol motifs (C(OH)–C–C–N with tert-alkyl or cyclic N) is 1. The van der Waals surface area contributed by atoms with E-state index < -0.39 is 0 Å². The van der Waals surface area contributed by atoms with E-state index >= 15 is 0 Å². The molecule has 138 valence electrons. The molecule has 0 spiro atoms. The van der Waals surface area contributed by atoms with E-state index in [1.54, 1.807) is 0 Å². The van der Waals surface area contributed by atoms with Crippen molar-refractivity contribution in [3.05, 3.63) is 47.2 Å². The summed E-state index contributed by atoms with van der Waals surface area (Å²) in [4.78, 5) is 18.7. The predicted octanol–water partition coefficient (Wildman–Crippen LogP) is 1.74. The van der Waals surface area contributed by atoms with Crippen LogP contribution < -0.4 is 4.90 Å². The average molecular weight is 353 g/mol. The second kappa shape index (κ2) is 7.68. The summed E-state index contributed by atoms with van der Waals surface area (Å²) in [5.41, 5.74) is 3.56. The fourth-order valence-electron chi connectivity index (χ4n) is 4.03. The molecule has 0 bridgehead atoms. The molecule has 0 amide bonds. The number of hydrogen-bond acceptors (Lipinski definition) is 6. The third-order valence-electron chi connectivity index (χ3n) is 5.33. The minimum Gasteiger partial charge on any atom is -0.391 e. The van der Waals surface area contributed by atoms with E-state index in [4.69, 9.17) is 9.97 Å². The molecule has 6 nitrogen and oxygen atoms in total. The molecule has 2 aromatic rings. The molecule has 6 heteroatoms. The first-order chi connectivity index (χ1) is 12.7. The van der Waals surface area contributed by atoms with E-state index in [-0.39, 0.29) is 6.10 Å². The zero-order valence-corrected chi connectivity index (χ0v) is 15.4. The highest BCUT2D eigenvalue weighted by Gasteiger charge is 2.25. The Hall–Kier alpha value is -2.05. The van der Waals surface area contributed by atoms with Crippen molar-refractivity contribution in [1.82, 2.24) is 19.9 Å². The molecule has 0 radical (unpaired) electrons. The molecule has 2 aromatic heterocycles. The highest BCUT2D eigenvalue weighted by molar-refractivity contribution is 5.50. The standard InChI is InChI=1S/C20H27N5O/c1-15-22-19-8-12-24(13-16-5-2-3-9-21-16)11-7-18(19)20(23-15)25-10-4-6-17(26)14-25/h2-3,5,9,17,26H,4,6-8,10-14H2,1H3. The van der Waals surface area contributed by atoms with Gasteiger partial charge in [-0.15, -0.1) is 0 Å². The molecular formula is C20H27N5O. The number of piperidine rings is 1. The van der Waals surface area contributed by atoms with Crippen molar-refractivity contribution in [2.45, 2.75) is 45.3 Å². The van der Waals surface area contributed by atoms with Gasteiger partial charge in [-0.1, -0.05) is 6.07 Å². The maximum absolute atomic E-state index is 10.1. The smallest absolute Gasteiger partial charge is 0.135 e. The van der Waals surface area contributed by atoms with E-state index in [9.17, 15) is 5.11 Å². The van der Waals surface area contributed by atoms with Crippen molar-refractivity contribution in [3.63, 3.8) is 0 Å². The Balaban J connectivity index is 1.54. The van der Waals surface area contributed by atoms with Gasteiger partial charge in [-0.2, -0.15) is 0 Å². The molecule has 1 fully saturated rings. The van der Waals surface area contributed by atoms with Crippen LogP contribution in [0.1, 0.15) is 35.6 Å². The number of hydrogen-bond donors (Lipinski definition) is 1. The Labute approximate surface area is 154 Å². The van der Waals surface area contributed by atoms with Crippen LogP contribution in [0, 0.1) is 6.92 Å². The topological polar surface area (TPSA) is 65.4 Å². The maximum atomic E-state index is 10.1. The predicted molar refractivity (Wildman–Crippen MR) is 101 cm³/mol. The SMILES string of the molecule is Cc1nc2c(c(N3CCCC(O)C3)n1)CCN(Cc1ccccn1)CC2. The minimum absolute atomic E-state index is 0.249. The minimum atomic E-state index is -0.249. The van der Waals surface area contributed by atoms with Gasteiger partial charge in [-0.05, 0) is 38.3 Å². The summed E-state index contributed by atoms with van der Waals surface area (Å²) in [5, 5.41) is 10.1. The zero-order valence-electron chi connectivity index (χ0n) is 15.4. The molecule has 1 atom stereocenters. The van der Waals surface area contributed by atoms with Crippen molar-refractivity contribution in [2.24, 2.45) is 0 Å². The normalized spacial score (nSPS) is 21.3. The van der Waals surface area contributed by atoms with E-state index in [1.165, 1.54) is 11.3 Å². The van der Waals surface area contributed by atoms with Crippen LogP contribution >= 0.6 is 0 Å². The molecule has 4 rings (SSSR count). The Bertz CT molecular complexity index is 751. The fraction of sp³-hybridized carbons (Fsp3) is 0.550. The van der Waals surface area contributed by atoms with Crippen LogP contribution in [0.2, 0.25) is 0 Å². The highest BCUT2D eigenvalue weighted by Crippen LogP contribution is 2.27. The molecule has 1 N–H and O–H groups in total. The van der Waals surface area contributed by atoms with Gasteiger partial charge in [0.2, 0.25) is 0 Å². The molecule has 26 heavy (non-hydrogen) atoms. The summed E-state index contributed by atoms with van der Waals surface area (Å²) >= 11 is 0. The van der Waals surface area contributed by atoms with Gasteiger partial charge in [-0.3, -0.25) is 9.88 Å². The van der Waals surface area contributed by atoms with E-state index in [1.807, 2.05) is 25.3 Å². The monoisotopic (exact) mass is 353 g/mol. The molecule has 1 saturated heterocycles. The number of aromatic nitrogens is 3. The van der Waals surface area contributed by atoms with Crippen LogP contribution in [-0.4, -0.2) is 57.2 Å². The number of aryl methyl sites for hydroxylation is 1. The van der Waals surface area contributed by atoms with Gasteiger partial charge >= 0.3 is 0 Å². The molecule has 0 aliphatic carbocycles. The second-order valence-corrected chi connectivity index (χ2v) is 7.36. The molecule has 2 aliphatic rings. The van der Waals surface area contributed by atoms with E-state index in [2.05, 4.69) is 20.9 Å². The molecule has 0 aromatic carbocycles. The number of nitrogens with zero attached hydrogens (tertiary/aromatic N) is 5. The summed E-state index contributed by atoms with van der Waals surface area (Å²) in [6.45, 7) is 6.47. The Kier molecular flexibility index (Phi) is 5.13. The second-order valence-electron chi connectivity index (χ2n) is 7.36. The lowest BCUT2D eigenvalue weighted by atomic mass is 10.0. The van der Waals surface area contributed by atoms with Gasteiger partial charge in [-0.25, -0.2) is 9.97 Å². The third kappa shape index (κ3) is 3.86. The zero-order chi connectivity index (χ0) is 17.9. The Morgan fingerprint density at radius 1 is 1.15 bits per heavy atom.